The van der Waals surface area contributed by atoms with Gasteiger partial charge in [-0.25, -0.2) is 0 Å². The van der Waals surface area contributed by atoms with E-state index in [1.54, 1.807) is 6.26 Å². The van der Waals surface area contributed by atoms with Crippen LogP contribution in [0.3, 0.4) is 0 Å². The lowest BCUT2D eigenvalue weighted by Gasteiger charge is -2.33. The molecule has 0 unspecified atom stereocenters. The lowest BCUT2D eigenvalue weighted by atomic mass is 9.86. The number of carbonyl (C=O) groups excluding carboxylic acids is 1. The number of fused-ring (bicyclic) bond motifs is 1. The molecular formula is C20H27NO2. The van der Waals surface area contributed by atoms with Crippen molar-refractivity contribution in [2.24, 2.45) is 11.8 Å². The number of carbonyl (C=O) groups is 1. The maximum Gasteiger partial charge on any atom is 0.227 e. The van der Waals surface area contributed by atoms with Crippen LogP contribution in [0.25, 0.3) is 11.0 Å². The van der Waals surface area contributed by atoms with Crippen molar-refractivity contribution in [3.63, 3.8) is 0 Å². The third-order valence-corrected chi connectivity index (χ3v) is 5.31. The summed E-state index contributed by atoms with van der Waals surface area (Å²) < 4.78 is 5.66. The van der Waals surface area contributed by atoms with Gasteiger partial charge in [-0.3, -0.25) is 4.79 Å². The van der Waals surface area contributed by atoms with Crippen molar-refractivity contribution in [1.82, 2.24) is 4.90 Å². The lowest BCUT2D eigenvalue weighted by molar-refractivity contribution is -0.132. The van der Waals surface area contributed by atoms with Crippen molar-refractivity contribution >= 4 is 16.9 Å². The van der Waals surface area contributed by atoms with Crippen LogP contribution >= 0.6 is 0 Å². The number of likely N-dealkylation sites (tertiary alicyclic amines) is 1. The second-order valence-corrected chi connectivity index (χ2v) is 7.08. The molecule has 3 heteroatoms. The van der Waals surface area contributed by atoms with Crippen molar-refractivity contribution < 1.29 is 9.21 Å². The topological polar surface area (TPSA) is 33.5 Å². The fraction of sp³-hybridized carbons (Fsp3) is 0.550. The van der Waals surface area contributed by atoms with Gasteiger partial charge in [0.15, 0.2) is 0 Å². The summed E-state index contributed by atoms with van der Waals surface area (Å²) in [6.45, 7) is 8.50. The number of aryl methyl sites for hydroxylation is 1. The third kappa shape index (κ3) is 3.44. The van der Waals surface area contributed by atoms with E-state index < -0.39 is 0 Å². The molecule has 2 aromatic rings. The van der Waals surface area contributed by atoms with Gasteiger partial charge < -0.3 is 9.32 Å². The molecular weight excluding hydrogens is 286 g/mol. The Labute approximate surface area is 138 Å². The monoisotopic (exact) mass is 313 g/mol. The van der Waals surface area contributed by atoms with E-state index >= 15 is 0 Å². The summed E-state index contributed by atoms with van der Waals surface area (Å²) in [7, 11) is 0. The van der Waals surface area contributed by atoms with Crippen LogP contribution in [0.1, 0.15) is 44.7 Å². The Morgan fingerprint density at radius 2 is 2.04 bits per heavy atom. The third-order valence-electron chi connectivity index (χ3n) is 5.31. The van der Waals surface area contributed by atoms with Crippen LogP contribution in [0.15, 0.2) is 28.9 Å². The van der Waals surface area contributed by atoms with Gasteiger partial charge in [-0.15, -0.1) is 0 Å². The molecule has 1 aliphatic heterocycles. The first-order chi connectivity index (χ1) is 11.1. The smallest absolute Gasteiger partial charge is 0.227 e. The van der Waals surface area contributed by atoms with Gasteiger partial charge in [0.1, 0.15) is 5.58 Å². The van der Waals surface area contributed by atoms with E-state index in [4.69, 9.17) is 4.42 Å². The number of benzene rings is 1. The number of piperidine rings is 1. The number of rotatable bonds is 4. The highest BCUT2D eigenvalue weighted by Crippen LogP contribution is 2.26. The first kappa shape index (κ1) is 16.1. The van der Waals surface area contributed by atoms with Crippen molar-refractivity contribution in [1.29, 1.82) is 0 Å². The fourth-order valence-corrected chi connectivity index (χ4v) is 3.57. The molecule has 0 atom stereocenters. The fourth-order valence-electron chi connectivity index (χ4n) is 3.57. The molecule has 0 aliphatic carbocycles. The highest BCUT2D eigenvalue weighted by molar-refractivity contribution is 5.88. The van der Waals surface area contributed by atoms with Crippen LogP contribution in [-0.4, -0.2) is 23.9 Å². The van der Waals surface area contributed by atoms with Gasteiger partial charge >= 0.3 is 0 Å². The minimum atomic E-state index is 0.231. The predicted octanol–water partition coefficient (Wildman–Crippen LogP) is 4.43. The maximum absolute atomic E-state index is 12.6. The summed E-state index contributed by atoms with van der Waals surface area (Å²) in [5, 5.41) is 1.08. The SMILES string of the molecule is CCc1ccc2c(CC(=O)N3CCC(C(C)C)CC3)coc2c1. The molecule has 0 N–H and O–H groups in total. The molecule has 1 fully saturated rings. The highest BCUT2D eigenvalue weighted by Gasteiger charge is 2.25. The molecule has 1 saturated heterocycles. The van der Waals surface area contributed by atoms with Crippen LogP contribution in [-0.2, 0) is 17.6 Å². The standard InChI is InChI=1S/C20H27NO2/c1-4-15-5-6-18-17(13-23-19(18)11-15)12-20(22)21-9-7-16(8-10-21)14(2)3/h5-6,11,13-14,16H,4,7-10,12H2,1-3H3. The summed E-state index contributed by atoms with van der Waals surface area (Å²) in [5.74, 6) is 1.72. The van der Waals surface area contributed by atoms with Gasteiger partial charge in [-0.2, -0.15) is 0 Å². The van der Waals surface area contributed by atoms with Gasteiger partial charge in [-0.1, -0.05) is 32.9 Å². The zero-order valence-corrected chi connectivity index (χ0v) is 14.5. The molecule has 3 nitrogen and oxygen atoms in total. The first-order valence-electron chi connectivity index (χ1n) is 8.85. The number of amides is 1. The molecule has 1 amide bonds. The quantitative estimate of drug-likeness (QED) is 0.836. The number of furan rings is 1. The summed E-state index contributed by atoms with van der Waals surface area (Å²) >= 11 is 0. The van der Waals surface area contributed by atoms with E-state index in [9.17, 15) is 4.79 Å². The number of hydrogen-bond acceptors (Lipinski definition) is 2. The first-order valence-corrected chi connectivity index (χ1v) is 8.85. The average molecular weight is 313 g/mol. The molecule has 1 aliphatic rings. The Balaban J connectivity index is 1.67. The maximum atomic E-state index is 12.6. The van der Waals surface area contributed by atoms with Crippen LogP contribution in [0.4, 0.5) is 0 Å². The van der Waals surface area contributed by atoms with E-state index in [1.165, 1.54) is 5.56 Å². The summed E-state index contributed by atoms with van der Waals surface area (Å²) in [6.07, 6.45) is 5.47. The largest absolute Gasteiger partial charge is 0.464 e. The van der Waals surface area contributed by atoms with E-state index in [1.807, 2.05) is 4.90 Å². The molecule has 1 aromatic carbocycles. The second-order valence-electron chi connectivity index (χ2n) is 7.08. The van der Waals surface area contributed by atoms with Crippen molar-refractivity contribution in [3.05, 3.63) is 35.6 Å². The Kier molecular flexibility index (Phi) is 4.74. The molecule has 1 aromatic heterocycles. The number of hydrogen-bond donors (Lipinski definition) is 0. The van der Waals surface area contributed by atoms with Gasteiger partial charge in [0, 0.05) is 24.0 Å². The zero-order valence-electron chi connectivity index (χ0n) is 14.5. The summed E-state index contributed by atoms with van der Waals surface area (Å²) in [6, 6.07) is 6.29. The number of nitrogens with zero attached hydrogens (tertiary/aromatic N) is 1. The Morgan fingerprint density at radius 3 is 2.70 bits per heavy atom. The van der Waals surface area contributed by atoms with Gasteiger partial charge in [-0.05, 0) is 42.7 Å². The summed E-state index contributed by atoms with van der Waals surface area (Å²) in [4.78, 5) is 14.6. The van der Waals surface area contributed by atoms with Gasteiger partial charge in [0.25, 0.3) is 0 Å². The average Bonchev–Trinajstić information content (AvgIpc) is 2.97. The van der Waals surface area contributed by atoms with E-state index in [0.717, 1.165) is 60.7 Å². The van der Waals surface area contributed by atoms with Crippen LogP contribution in [0.5, 0.6) is 0 Å². The lowest BCUT2D eigenvalue weighted by Crippen LogP contribution is -2.40. The summed E-state index contributed by atoms with van der Waals surface area (Å²) in [5.41, 5.74) is 3.17. The van der Waals surface area contributed by atoms with Gasteiger partial charge in [0.05, 0.1) is 12.7 Å². The predicted molar refractivity (Wildman–Crippen MR) is 93.4 cm³/mol. The van der Waals surface area contributed by atoms with Crippen molar-refractivity contribution in [2.45, 2.75) is 46.5 Å². The molecule has 23 heavy (non-hydrogen) atoms. The van der Waals surface area contributed by atoms with Crippen molar-refractivity contribution in [3.8, 4) is 0 Å². The van der Waals surface area contributed by atoms with E-state index in [2.05, 4.69) is 39.0 Å². The molecule has 2 heterocycles. The molecule has 124 valence electrons. The zero-order chi connectivity index (χ0) is 16.4. The van der Waals surface area contributed by atoms with Gasteiger partial charge in [0.2, 0.25) is 5.91 Å². The van der Waals surface area contributed by atoms with Crippen LogP contribution in [0.2, 0.25) is 0 Å². The Morgan fingerprint density at radius 1 is 1.30 bits per heavy atom. The van der Waals surface area contributed by atoms with Crippen LogP contribution < -0.4 is 0 Å². The minimum Gasteiger partial charge on any atom is -0.464 e. The molecule has 0 radical (unpaired) electrons. The minimum absolute atomic E-state index is 0.231. The second kappa shape index (κ2) is 6.77. The van der Waals surface area contributed by atoms with Crippen LogP contribution in [0, 0.1) is 11.8 Å². The van der Waals surface area contributed by atoms with Crippen molar-refractivity contribution in [2.75, 3.05) is 13.1 Å². The molecule has 3 rings (SSSR count). The molecule has 0 spiro atoms. The molecule has 0 bridgehead atoms. The molecule has 0 saturated carbocycles. The Hall–Kier alpha value is -1.77. The Bertz CT molecular complexity index is 678. The van der Waals surface area contributed by atoms with E-state index in [0.29, 0.717) is 6.42 Å². The van der Waals surface area contributed by atoms with E-state index in [-0.39, 0.29) is 5.91 Å². The highest BCUT2D eigenvalue weighted by atomic mass is 16.3. The normalized spacial score (nSPS) is 16.4.